The number of aromatic nitrogens is 3. The van der Waals surface area contributed by atoms with E-state index in [1.807, 2.05) is 11.3 Å². The van der Waals surface area contributed by atoms with E-state index in [2.05, 4.69) is 156 Å². The van der Waals surface area contributed by atoms with Gasteiger partial charge < -0.3 is 0 Å². The molecule has 3 aromatic heterocycles. The molecular formula is C42H25N3S. The zero-order chi connectivity index (χ0) is 30.2. The zero-order valence-electron chi connectivity index (χ0n) is 24.7. The molecule has 0 saturated heterocycles. The topological polar surface area (TPSA) is 30.7 Å². The van der Waals surface area contributed by atoms with Crippen LogP contribution in [-0.2, 0) is 0 Å². The molecule has 3 nitrogen and oxygen atoms in total. The summed E-state index contributed by atoms with van der Waals surface area (Å²) in [6, 6.07) is 54.2. The van der Waals surface area contributed by atoms with E-state index in [9.17, 15) is 0 Å². The maximum Gasteiger partial charge on any atom is 0.235 e. The number of para-hydroxylation sites is 1. The summed E-state index contributed by atoms with van der Waals surface area (Å²) >= 11 is 1.86. The summed E-state index contributed by atoms with van der Waals surface area (Å²) in [4.78, 5) is 10.7. The molecule has 0 aliphatic rings. The molecule has 0 amide bonds. The first-order valence-electron chi connectivity index (χ1n) is 15.5. The smallest absolute Gasteiger partial charge is 0.235 e. The van der Waals surface area contributed by atoms with E-state index in [0.717, 1.165) is 33.2 Å². The van der Waals surface area contributed by atoms with Crippen LogP contribution in [0.4, 0.5) is 0 Å². The highest BCUT2D eigenvalue weighted by molar-refractivity contribution is 7.26. The fourth-order valence-electron chi connectivity index (χ4n) is 7.04. The van der Waals surface area contributed by atoms with E-state index in [4.69, 9.17) is 9.97 Å². The molecule has 0 fully saturated rings. The second-order valence-electron chi connectivity index (χ2n) is 11.8. The predicted molar refractivity (Wildman–Crippen MR) is 195 cm³/mol. The van der Waals surface area contributed by atoms with E-state index < -0.39 is 0 Å². The molecule has 4 heteroatoms. The molecule has 46 heavy (non-hydrogen) atoms. The highest BCUT2D eigenvalue weighted by Gasteiger charge is 2.19. The van der Waals surface area contributed by atoms with Gasteiger partial charge in [0.05, 0.1) is 22.2 Å². The number of hydrogen-bond acceptors (Lipinski definition) is 3. The van der Waals surface area contributed by atoms with Gasteiger partial charge in [-0.3, -0.25) is 4.57 Å². The minimum Gasteiger partial charge on any atom is -0.278 e. The summed E-state index contributed by atoms with van der Waals surface area (Å²) < 4.78 is 4.84. The van der Waals surface area contributed by atoms with Crippen LogP contribution in [0.2, 0.25) is 0 Å². The Hall–Kier alpha value is -5.84. The van der Waals surface area contributed by atoms with Crippen molar-refractivity contribution >= 4 is 75.0 Å². The molecule has 10 aromatic rings. The third-order valence-corrected chi connectivity index (χ3v) is 10.4. The van der Waals surface area contributed by atoms with Crippen LogP contribution in [0.1, 0.15) is 0 Å². The van der Waals surface area contributed by atoms with Crippen LogP contribution in [0.3, 0.4) is 0 Å². The molecule has 0 unspecified atom stereocenters. The average molecular weight is 604 g/mol. The van der Waals surface area contributed by atoms with Crippen molar-refractivity contribution in [3.05, 3.63) is 152 Å². The van der Waals surface area contributed by atoms with Gasteiger partial charge in [-0.1, -0.05) is 115 Å². The van der Waals surface area contributed by atoms with Crippen molar-refractivity contribution in [1.82, 2.24) is 14.5 Å². The van der Waals surface area contributed by atoms with E-state index in [1.165, 1.54) is 52.8 Å². The third-order valence-electron chi connectivity index (χ3n) is 9.19. The van der Waals surface area contributed by atoms with Crippen LogP contribution in [0, 0.1) is 0 Å². The van der Waals surface area contributed by atoms with E-state index in [0.29, 0.717) is 5.95 Å². The van der Waals surface area contributed by atoms with Crippen molar-refractivity contribution in [3.8, 4) is 28.3 Å². The second-order valence-corrected chi connectivity index (χ2v) is 12.9. The highest BCUT2D eigenvalue weighted by atomic mass is 32.1. The van der Waals surface area contributed by atoms with Crippen LogP contribution < -0.4 is 0 Å². The minimum absolute atomic E-state index is 0.673. The Morgan fingerprint density at radius 2 is 1.20 bits per heavy atom. The Balaban J connectivity index is 1.26. The average Bonchev–Trinajstić information content (AvgIpc) is 3.66. The lowest BCUT2D eigenvalue weighted by atomic mass is 9.99. The number of hydrogen-bond donors (Lipinski definition) is 0. The molecule has 0 aliphatic carbocycles. The summed E-state index contributed by atoms with van der Waals surface area (Å²) in [6.07, 6.45) is 0. The lowest BCUT2D eigenvalue weighted by Gasteiger charge is -2.13. The van der Waals surface area contributed by atoms with Gasteiger partial charge in [-0.05, 0) is 58.3 Å². The van der Waals surface area contributed by atoms with Crippen LogP contribution in [0.5, 0.6) is 0 Å². The monoisotopic (exact) mass is 603 g/mol. The lowest BCUT2D eigenvalue weighted by molar-refractivity contribution is 1.01. The van der Waals surface area contributed by atoms with Crippen molar-refractivity contribution in [2.75, 3.05) is 0 Å². The fraction of sp³-hybridized carbons (Fsp3) is 0. The van der Waals surface area contributed by atoms with Crippen molar-refractivity contribution in [2.24, 2.45) is 0 Å². The van der Waals surface area contributed by atoms with Gasteiger partial charge >= 0.3 is 0 Å². The first kappa shape index (κ1) is 25.5. The van der Waals surface area contributed by atoms with Gasteiger partial charge in [0.15, 0.2) is 0 Å². The SMILES string of the molecule is c1ccc(-c2nc(-n3c4ccccc4c4cc5ccccc5cc43)nc3ccc(-c4cccc5c4sc4ccccc45)cc23)cc1. The largest absolute Gasteiger partial charge is 0.278 e. The third kappa shape index (κ3) is 3.77. The Morgan fingerprint density at radius 3 is 2.09 bits per heavy atom. The number of thiophene rings is 1. The second kappa shape index (κ2) is 9.83. The van der Waals surface area contributed by atoms with Crippen molar-refractivity contribution in [1.29, 1.82) is 0 Å². The molecule has 214 valence electrons. The standard InChI is InChI=1S/C42H25N3S/c1-2-11-26(12-3-1)40-35-24-29(30-17-10-18-33-32-16-7-9-20-39(32)46-41(30)33)21-22-36(35)43-42(44-40)45-37-19-8-6-15-31(37)34-23-27-13-4-5-14-28(27)25-38(34)45/h1-25H. The summed E-state index contributed by atoms with van der Waals surface area (Å²) in [5.41, 5.74) is 7.52. The Bertz CT molecular complexity index is 2810. The van der Waals surface area contributed by atoms with Crippen molar-refractivity contribution < 1.29 is 0 Å². The number of nitrogens with zero attached hydrogens (tertiary/aromatic N) is 3. The van der Waals surface area contributed by atoms with E-state index in [1.54, 1.807) is 0 Å². The summed E-state index contributed by atoms with van der Waals surface area (Å²) in [5, 5.41) is 8.46. The van der Waals surface area contributed by atoms with Crippen LogP contribution in [0.25, 0.3) is 92.0 Å². The first-order valence-corrected chi connectivity index (χ1v) is 16.3. The molecular weight excluding hydrogens is 579 g/mol. The molecule has 0 saturated carbocycles. The van der Waals surface area contributed by atoms with E-state index in [-0.39, 0.29) is 0 Å². The van der Waals surface area contributed by atoms with E-state index >= 15 is 0 Å². The van der Waals surface area contributed by atoms with Crippen molar-refractivity contribution in [3.63, 3.8) is 0 Å². The molecule has 10 rings (SSSR count). The molecule has 0 atom stereocenters. The normalized spacial score (nSPS) is 11.9. The number of benzene rings is 7. The van der Waals surface area contributed by atoms with Gasteiger partial charge in [0.2, 0.25) is 5.95 Å². The lowest BCUT2D eigenvalue weighted by Crippen LogP contribution is -2.03. The highest BCUT2D eigenvalue weighted by Crippen LogP contribution is 2.41. The summed E-state index contributed by atoms with van der Waals surface area (Å²) in [7, 11) is 0. The van der Waals surface area contributed by atoms with Gasteiger partial charge in [-0.15, -0.1) is 11.3 Å². The Morgan fingerprint density at radius 1 is 0.457 bits per heavy atom. The summed E-state index contributed by atoms with van der Waals surface area (Å²) in [5.74, 6) is 0.673. The molecule has 0 spiro atoms. The zero-order valence-corrected chi connectivity index (χ0v) is 25.5. The summed E-state index contributed by atoms with van der Waals surface area (Å²) in [6.45, 7) is 0. The van der Waals surface area contributed by atoms with Crippen LogP contribution >= 0.6 is 11.3 Å². The molecule has 0 N–H and O–H groups in total. The quantitative estimate of drug-likeness (QED) is 0.201. The first-order chi connectivity index (χ1) is 22.8. The van der Waals surface area contributed by atoms with Gasteiger partial charge in [-0.2, -0.15) is 0 Å². The molecule has 0 aliphatic heterocycles. The van der Waals surface area contributed by atoms with Crippen LogP contribution in [0.15, 0.2) is 152 Å². The molecule has 0 radical (unpaired) electrons. The molecule has 3 heterocycles. The molecule has 7 aromatic carbocycles. The van der Waals surface area contributed by atoms with Gasteiger partial charge in [0.25, 0.3) is 0 Å². The maximum absolute atomic E-state index is 5.38. The van der Waals surface area contributed by atoms with Crippen molar-refractivity contribution in [2.45, 2.75) is 0 Å². The fourth-order valence-corrected chi connectivity index (χ4v) is 8.28. The maximum atomic E-state index is 5.38. The number of rotatable bonds is 3. The Labute approximate surface area is 268 Å². The Kier molecular flexibility index (Phi) is 5.45. The number of fused-ring (bicyclic) bond motifs is 8. The van der Waals surface area contributed by atoms with Crippen LogP contribution in [-0.4, -0.2) is 14.5 Å². The van der Waals surface area contributed by atoms with Gasteiger partial charge in [-0.25, -0.2) is 9.97 Å². The van der Waals surface area contributed by atoms with Gasteiger partial charge in [0.1, 0.15) is 0 Å². The predicted octanol–water partition coefficient (Wildman–Crippen LogP) is 11.6. The van der Waals surface area contributed by atoms with Gasteiger partial charge in [0, 0.05) is 41.9 Å². The molecule has 0 bridgehead atoms. The minimum atomic E-state index is 0.673.